The highest BCUT2D eigenvalue weighted by Crippen LogP contribution is 2.34. The summed E-state index contributed by atoms with van der Waals surface area (Å²) in [6.45, 7) is 4.57. The first-order valence-electron chi connectivity index (χ1n) is 9.29. The van der Waals surface area contributed by atoms with Gasteiger partial charge in [0.2, 0.25) is 6.79 Å². The van der Waals surface area contributed by atoms with Crippen molar-refractivity contribution in [1.82, 2.24) is 4.98 Å². The number of hydrogen-bond donors (Lipinski definition) is 1. The summed E-state index contributed by atoms with van der Waals surface area (Å²) in [5, 5.41) is 2.32. The zero-order valence-corrected chi connectivity index (χ0v) is 14.6. The van der Waals surface area contributed by atoms with Crippen LogP contribution in [0, 0.1) is 0 Å². The zero-order chi connectivity index (χ0) is 16.9. The van der Waals surface area contributed by atoms with Crippen LogP contribution in [0.25, 0.3) is 0 Å². The first-order chi connectivity index (χ1) is 12.4. The number of benzene rings is 1. The molecule has 0 saturated carbocycles. The van der Waals surface area contributed by atoms with E-state index < -0.39 is 0 Å². The van der Waals surface area contributed by atoms with Crippen LogP contribution in [0.15, 0.2) is 36.5 Å². The number of aromatic nitrogens is 1. The summed E-state index contributed by atoms with van der Waals surface area (Å²) in [4.78, 5) is 7.06. The van der Waals surface area contributed by atoms with Gasteiger partial charge in [0.1, 0.15) is 12.4 Å². The fourth-order valence-corrected chi connectivity index (χ4v) is 3.55. The average molecular weight is 340 g/mol. The minimum atomic E-state index is 0.335. The molecule has 2 aromatic rings. The SMILES string of the molecule is c1cc(C[NH2+]CCc2ccc(N3CCCCC3)nc2)c2c(c1)OCO2. The van der Waals surface area contributed by atoms with Crippen LogP contribution in [-0.4, -0.2) is 31.4 Å². The van der Waals surface area contributed by atoms with Gasteiger partial charge in [0.15, 0.2) is 11.5 Å². The van der Waals surface area contributed by atoms with Gasteiger partial charge in [-0.3, -0.25) is 0 Å². The van der Waals surface area contributed by atoms with E-state index in [2.05, 4.69) is 33.4 Å². The van der Waals surface area contributed by atoms with Gasteiger partial charge in [-0.1, -0.05) is 12.1 Å². The molecule has 5 nitrogen and oxygen atoms in total. The van der Waals surface area contributed by atoms with E-state index in [4.69, 9.17) is 9.47 Å². The fraction of sp³-hybridized carbons (Fsp3) is 0.450. The zero-order valence-electron chi connectivity index (χ0n) is 14.6. The second kappa shape index (κ2) is 7.74. The third kappa shape index (κ3) is 3.87. The van der Waals surface area contributed by atoms with Gasteiger partial charge in [0.25, 0.3) is 0 Å². The summed E-state index contributed by atoms with van der Waals surface area (Å²) >= 11 is 0. The minimum absolute atomic E-state index is 0.335. The summed E-state index contributed by atoms with van der Waals surface area (Å²) in [5.74, 6) is 2.90. The molecule has 1 saturated heterocycles. The normalized spacial score (nSPS) is 16.2. The molecule has 5 heteroatoms. The number of para-hydroxylation sites is 1. The predicted molar refractivity (Wildman–Crippen MR) is 97.1 cm³/mol. The van der Waals surface area contributed by atoms with Gasteiger partial charge in [-0.25, -0.2) is 4.98 Å². The van der Waals surface area contributed by atoms with E-state index in [1.54, 1.807) is 0 Å². The topological polar surface area (TPSA) is 51.2 Å². The largest absolute Gasteiger partial charge is 0.454 e. The van der Waals surface area contributed by atoms with E-state index in [9.17, 15) is 0 Å². The fourth-order valence-electron chi connectivity index (χ4n) is 3.55. The summed E-state index contributed by atoms with van der Waals surface area (Å²) < 4.78 is 11.0. The Morgan fingerprint density at radius 1 is 1.04 bits per heavy atom. The molecule has 1 fully saturated rings. The third-order valence-electron chi connectivity index (χ3n) is 4.97. The Kier molecular flexibility index (Phi) is 5.02. The van der Waals surface area contributed by atoms with Crippen molar-refractivity contribution in [1.29, 1.82) is 0 Å². The lowest BCUT2D eigenvalue weighted by Gasteiger charge is -2.27. The number of quaternary nitrogens is 1. The van der Waals surface area contributed by atoms with E-state index in [0.29, 0.717) is 6.79 Å². The number of pyridine rings is 1. The van der Waals surface area contributed by atoms with Crippen molar-refractivity contribution in [2.75, 3.05) is 31.3 Å². The second-order valence-electron chi connectivity index (χ2n) is 6.75. The smallest absolute Gasteiger partial charge is 0.231 e. The van der Waals surface area contributed by atoms with Crippen molar-refractivity contribution in [2.24, 2.45) is 0 Å². The lowest BCUT2D eigenvalue weighted by atomic mass is 10.1. The number of nitrogens with two attached hydrogens (primary N) is 1. The maximum Gasteiger partial charge on any atom is 0.231 e. The van der Waals surface area contributed by atoms with Crippen molar-refractivity contribution in [3.63, 3.8) is 0 Å². The van der Waals surface area contributed by atoms with Crippen molar-refractivity contribution in [2.45, 2.75) is 32.2 Å². The Morgan fingerprint density at radius 3 is 2.80 bits per heavy atom. The molecule has 2 aliphatic rings. The lowest BCUT2D eigenvalue weighted by Crippen LogP contribution is -2.83. The van der Waals surface area contributed by atoms with Crippen LogP contribution in [0.3, 0.4) is 0 Å². The molecule has 2 aliphatic heterocycles. The van der Waals surface area contributed by atoms with Crippen LogP contribution < -0.4 is 19.7 Å². The van der Waals surface area contributed by atoms with Gasteiger partial charge in [-0.2, -0.15) is 0 Å². The van der Waals surface area contributed by atoms with Gasteiger partial charge in [-0.15, -0.1) is 0 Å². The molecule has 0 amide bonds. The summed E-state index contributed by atoms with van der Waals surface area (Å²) in [6, 6.07) is 10.5. The molecule has 0 spiro atoms. The van der Waals surface area contributed by atoms with Gasteiger partial charge < -0.3 is 19.7 Å². The van der Waals surface area contributed by atoms with Crippen molar-refractivity contribution >= 4 is 5.82 Å². The van der Waals surface area contributed by atoms with E-state index >= 15 is 0 Å². The first-order valence-corrected chi connectivity index (χ1v) is 9.29. The van der Waals surface area contributed by atoms with Crippen LogP contribution in [0.4, 0.5) is 5.82 Å². The highest BCUT2D eigenvalue weighted by atomic mass is 16.7. The summed E-state index contributed by atoms with van der Waals surface area (Å²) in [7, 11) is 0. The molecule has 0 bridgehead atoms. The molecular weight excluding hydrogens is 314 g/mol. The quantitative estimate of drug-likeness (QED) is 0.819. The summed E-state index contributed by atoms with van der Waals surface area (Å²) in [5.41, 5.74) is 2.50. The minimum Gasteiger partial charge on any atom is -0.454 e. The number of piperidine rings is 1. The van der Waals surface area contributed by atoms with Crippen LogP contribution in [0.2, 0.25) is 0 Å². The number of nitrogens with zero attached hydrogens (tertiary/aromatic N) is 2. The van der Waals surface area contributed by atoms with Crippen LogP contribution in [0.1, 0.15) is 30.4 Å². The molecule has 4 rings (SSSR count). The number of ether oxygens (including phenoxy) is 2. The molecule has 1 aromatic heterocycles. The first kappa shape index (κ1) is 16.2. The molecule has 3 heterocycles. The van der Waals surface area contributed by atoms with Crippen LogP contribution in [0.5, 0.6) is 11.5 Å². The van der Waals surface area contributed by atoms with Gasteiger partial charge in [0.05, 0.1) is 12.1 Å². The van der Waals surface area contributed by atoms with E-state index in [1.165, 1.54) is 30.4 Å². The molecule has 0 radical (unpaired) electrons. The van der Waals surface area contributed by atoms with Crippen LogP contribution in [-0.2, 0) is 13.0 Å². The standard InChI is InChI=1S/C20H25N3O2/c1-2-11-23(12-3-1)19-8-7-16(13-22-19)9-10-21-14-17-5-4-6-18-20(17)25-15-24-18/h4-8,13,21H,1-3,9-12,14-15H2/p+1. The van der Waals surface area contributed by atoms with Crippen LogP contribution >= 0.6 is 0 Å². The molecule has 1 aromatic carbocycles. The molecular formula is C20H26N3O2+. The number of hydrogen-bond acceptors (Lipinski definition) is 4. The van der Waals surface area contributed by atoms with Gasteiger partial charge in [0, 0.05) is 25.7 Å². The summed E-state index contributed by atoms with van der Waals surface area (Å²) in [6.07, 6.45) is 6.99. The van der Waals surface area contributed by atoms with Gasteiger partial charge >= 0.3 is 0 Å². The van der Waals surface area contributed by atoms with Crippen molar-refractivity contribution in [3.05, 3.63) is 47.7 Å². The number of rotatable bonds is 6. The number of fused-ring (bicyclic) bond motifs is 1. The average Bonchev–Trinajstić information content (AvgIpc) is 3.16. The van der Waals surface area contributed by atoms with E-state index in [0.717, 1.165) is 49.9 Å². The lowest BCUT2D eigenvalue weighted by molar-refractivity contribution is -0.670. The maximum absolute atomic E-state index is 5.56. The Morgan fingerprint density at radius 2 is 1.96 bits per heavy atom. The maximum atomic E-state index is 5.56. The second-order valence-corrected chi connectivity index (χ2v) is 6.75. The molecule has 132 valence electrons. The highest BCUT2D eigenvalue weighted by molar-refractivity contribution is 5.47. The van der Waals surface area contributed by atoms with Gasteiger partial charge in [-0.05, 0) is 43.0 Å². The molecule has 0 atom stereocenters. The molecule has 0 unspecified atom stereocenters. The molecule has 2 N–H and O–H groups in total. The van der Waals surface area contributed by atoms with E-state index in [-0.39, 0.29) is 0 Å². The van der Waals surface area contributed by atoms with Crippen molar-refractivity contribution in [3.8, 4) is 11.5 Å². The Bertz CT molecular complexity index is 697. The monoisotopic (exact) mass is 340 g/mol. The Labute approximate surface area is 149 Å². The number of anilines is 1. The predicted octanol–water partition coefficient (Wildman–Crippen LogP) is 2.11. The van der Waals surface area contributed by atoms with Crippen molar-refractivity contribution < 1.29 is 14.8 Å². The highest BCUT2D eigenvalue weighted by Gasteiger charge is 2.17. The van der Waals surface area contributed by atoms with E-state index in [1.807, 2.05) is 18.3 Å². The molecule has 0 aliphatic carbocycles. The molecule has 25 heavy (non-hydrogen) atoms. The third-order valence-corrected chi connectivity index (χ3v) is 4.97. The Hall–Kier alpha value is -2.27. The Balaban J connectivity index is 1.25.